The van der Waals surface area contributed by atoms with Crippen LogP contribution in [0.15, 0.2) is 36.4 Å². The van der Waals surface area contributed by atoms with E-state index in [1.165, 1.54) is 0 Å². The van der Waals surface area contributed by atoms with Crippen LogP contribution in [0, 0.1) is 6.92 Å². The Morgan fingerprint density at radius 1 is 0.917 bits per heavy atom. The van der Waals surface area contributed by atoms with Gasteiger partial charge in [-0.1, -0.05) is 0 Å². The highest BCUT2D eigenvalue weighted by molar-refractivity contribution is 5.93. The molecule has 0 radical (unpaired) electrons. The molecule has 24 heavy (non-hydrogen) atoms. The number of carbonyl (C=O) groups excluding carboxylic acids is 1. The highest BCUT2D eigenvalue weighted by Gasteiger charge is 2.11. The lowest BCUT2D eigenvalue weighted by Crippen LogP contribution is -2.20. The molecular weight excluding hydrogens is 310 g/mol. The monoisotopic (exact) mass is 331 g/mol. The molecule has 0 bridgehead atoms. The SMILES string of the molecule is COc1ccc(OCC(=O)Nc2cc(OC)c(OC)cc2C)cc1. The van der Waals surface area contributed by atoms with Gasteiger partial charge < -0.3 is 24.3 Å². The second-order valence-corrected chi connectivity index (χ2v) is 5.03. The Balaban J connectivity index is 1.98. The van der Waals surface area contributed by atoms with Crippen molar-refractivity contribution in [2.24, 2.45) is 0 Å². The van der Waals surface area contributed by atoms with Crippen molar-refractivity contribution in [1.82, 2.24) is 0 Å². The van der Waals surface area contributed by atoms with Crippen molar-refractivity contribution in [2.75, 3.05) is 33.3 Å². The standard InChI is InChI=1S/C18H21NO5/c1-12-9-16(22-3)17(23-4)10-15(12)19-18(20)11-24-14-7-5-13(21-2)6-8-14/h5-10H,11H2,1-4H3,(H,19,20). The summed E-state index contributed by atoms with van der Waals surface area (Å²) in [5.41, 5.74) is 1.52. The molecule has 0 aliphatic rings. The second kappa shape index (κ2) is 8.10. The van der Waals surface area contributed by atoms with Crippen molar-refractivity contribution in [2.45, 2.75) is 6.92 Å². The average Bonchev–Trinajstić information content (AvgIpc) is 2.61. The lowest BCUT2D eigenvalue weighted by Gasteiger charge is -2.14. The largest absolute Gasteiger partial charge is 0.497 e. The maximum Gasteiger partial charge on any atom is 0.262 e. The van der Waals surface area contributed by atoms with Gasteiger partial charge in [0.15, 0.2) is 18.1 Å². The second-order valence-electron chi connectivity index (χ2n) is 5.03. The van der Waals surface area contributed by atoms with E-state index in [2.05, 4.69) is 5.32 Å². The molecule has 2 rings (SSSR count). The highest BCUT2D eigenvalue weighted by Crippen LogP contribution is 2.32. The summed E-state index contributed by atoms with van der Waals surface area (Å²) in [6, 6.07) is 10.6. The third-order valence-corrected chi connectivity index (χ3v) is 3.43. The summed E-state index contributed by atoms with van der Waals surface area (Å²) in [4.78, 5) is 12.1. The Labute approximate surface area is 141 Å². The normalized spacial score (nSPS) is 10.0. The third-order valence-electron chi connectivity index (χ3n) is 3.43. The molecule has 0 aromatic heterocycles. The molecule has 0 saturated carbocycles. The van der Waals surface area contributed by atoms with Gasteiger partial charge in [0.25, 0.3) is 5.91 Å². The van der Waals surface area contributed by atoms with Crippen LogP contribution in [0.1, 0.15) is 5.56 Å². The van der Waals surface area contributed by atoms with Crippen molar-refractivity contribution in [3.8, 4) is 23.0 Å². The predicted octanol–water partition coefficient (Wildman–Crippen LogP) is 3.04. The van der Waals surface area contributed by atoms with E-state index in [9.17, 15) is 4.79 Å². The number of hydrogen-bond acceptors (Lipinski definition) is 5. The Morgan fingerprint density at radius 2 is 1.50 bits per heavy atom. The van der Waals surface area contributed by atoms with Crippen LogP contribution in [0.25, 0.3) is 0 Å². The van der Waals surface area contributed by atoms with Crippen LogP contribution < -0.4 is 24.3 Å². The summed E-state index contributed by atoms with van der Waals surface area (Å²) in [7, 11) is 4.71. The maximum atomic E-state index is 12.1. The minimum absolute atomic E-state index is 0.0971. The molecule has 1 N–H and O–H groups in total. The topological polar surface area (TPSA) is 66.0 Å². The fourth-order valence-electron chi connectivity index (χ4n) is 2.12. The Bertz CT molecular complexity index is 697. The summed E-state index contributed by atoms with van der Waals surface area (Å²) in [6.45, 7) is 1.78. The van der Waals surface area contributed by atoms with Crippen molar-refractivity contribution >= 4 is 11.6 Å². The Hall–Kier alpha value is -2.89. The Kier molecular flexibility index (Phi) is 5.89. The zero-order valence-electron chi connectivity index (χ0n) is 14.2. The molecule has 0 aliphatic heterocycles. The molecular formula is C18H21NO5. The van der Waals surface area contributed by atoms with Crippen molar-refractivity contribution in [3.05, 3.63) is 42.0 Å². The molecule has 6 heteroatoms. The number of nitrogens with one attached hydrogen (secondary N) is 1. The fraction of sp³-hybridized carbons (Fsp3) is 0.278. The van der Waals surface area contributed by atoms with Gasteiger partial charge in [0.1, 0.15) is 11.5 Å². The maximum absolute atomic E-state index is 12.1. The molecule has 0 spiro atoms. The van der Waals surface area contributed by atoms with E-state index in [0.29, 0.717) is 22.9 Å². The first-order chi connectivity index (χ1) is 11.6. The van der Waals surface area contributed by atoms with Crippen molar-refractivity contribution < 1.29 is 23.7 Å². The lowest BCUT2D eigenvalue weighted by molar-refractivity contribution is -0.118. The van der Waals surface area contributed by atoms with Gasteiger partial charge in [-0.05, 0) is 42.8 Å². The molecule has 6 nitrogen and oxygen atoms in total. The smallest absolute Gasteiger partial charge is 0.262 e. The number of amides is 1. The molecule has 128 valence electrons. The van der Waals surface area contributed by atoms with E-state index in [1.807, 2.05) is 6.92 Å². The van der Waals surface area contributed by atoms with Gasteiger partial charge >= 0.3 is 0 Å². The van der Waals surface area contributed by atoms with Crippen LogP contribution in [-0.2, 0) is 4.79 Å². The highest BCUT2D eigenvalue weighted by atomic mass is 16.5. The van der Waals surface area contributed by atoms with Gasteiger partial charge in [-0.15, -0.1) is 0 Å². The van der Waals surface area contributed by atoms with Gasteiger partial charge in [0.2, 0.25) is 0 Å². The molecule has 0 heterocycles. The van der Waals surface area contributed by atoms with E-state index in [-0.39, 0.29) is 12.5 Å². The number of aryl methyl sites for hydroxylation is 1. The van der Waals surface area contributed by atoms with Gasteiger partial charge in [0, 0.05) is 11.8 Å². The molecule has 0 atom stereocenters. The van der Waals surface area contributed by atoms with Crippen molar-refractivity contribution in [1.29, 1.82) is 0 Å². The van der Waals surface area contributed by atoms with Crippen LogP contribution >= 0.6 is 0 Å². The number of anilines is 1. The first-order valence-electron chi connectivity index (χ1n) is 7.36. The number of methoxy groups -OCH3 is 3. The van der Waals surface area contributed by atoms with Gasteiger partial charge in [-0.25, -0.2) is 0 Å². The van der Waals surface area contributed by atoms with E-state index in [0.717, 1.165) is 11.3 Å². The average molecular weight is 331 g/mol. The van der Waals surface area contributed by atoms with E-state index in [4.69, 9.17) is 18.9 Å². The summed E-state index contributed by atoms with van der Waals surface area (Å²) in [5, 5.41) is 2.80. The summed E-state index contributed by atoms with van der Waals surface area (Å²) in [5.74, 6) is 2.22. The van der Waals surface area contributed by atoms with E-state index < -0.39 is 0 Å². The number of carbonyl (C=O) groups is 1. The molecule has 0 fully saturated rings. The third kappa shape index (κ3) is 4.32. The lowest BCUT2D eigenvalue weighted by atomic mass is 10.1. The molecule has 0 aliphatic carbocycles. The first kappa shape index (κ1) is 17.5. The molecule has 0 unspecified atom stereocenters. The molecule has 2 aromatic carbocycles. The zero-order chi connectivity index (χ0) is 17.5. The van der Waals surface area contributed by atoms with Crippen LogP contribution in [0.5, 0.6) is 23.0 Å². The fourth-order valence-corrected chi connectivity index (χ4v) is 2.12. The molecule has 1 amide bonds. The van der Waals surface area contributed by atoms with E-state index >= 15 is 0 Å². The summed E-state index contributed by atoms with van der Waals surface area (Å²) >= 11 is 0. The summed E-state index contributed by atoms with van der Waals surface area (Å²) in [6.07, 6.45) is 0. The number of benzene rings is 2. The molecule has 0 saturated heterocycles. The van der Waals surface area contributed by atoms with Gasteiger partial charge in [-0.2, -0.15) is 0 Å². The number of hydrogen-bond donors (Lipinski definition) is 1. The van der Waals surface area contributed by atoms with Crippen LogP contribution in [0.3, 0.4) is 0 Å². The van der Waals surface area contributed by atoms with Crippen LogP contribution in [0.2, 0.25) is 0 Å². The predicted molar refractivity (Wildman–Crippen MR) is 91.4 cm³/mol. The van der Waals surface area contributed by atoms with Crippen molar-refractivity contribution in [3.63, 3.8) is 0 Å². The first-order valence-corrected chi connectivity index (χ1v) is 7.36. The van der Waals surface area contributed by atoms with E-state index in [1.54, 1.807) is 57.7 Å². The zero-order valence-corrected chi connectivity index (χ0v) is 14.2. The summed E-state index contributed by atoms with van der Waals surface area (Å²) < 4.78 is 21.0. The quantitative estimate of drug-likeness (QED) is 0.845. The Morgan fingerprint density at radius 3 is 2.08 bits per heavy atom. The number of rotatable bonds is 7. The van der Waals surface area contributed by atoms with Crippen LogP contribution in [0.4, 0.5) is 5.69 Å². The number of ether oxygens (including phenoxy) is 4. The minimum atomic E-state index is -0.263. The van der Waals surface area contributed by atoms with Crippen LogP contribution in [-0.4, -0.2) is 33.8 Å². The van der Waals surface area contributed by atoms with Gasteiger partial charge in [0.05, 0.1) is 21.3 Å². The van der Waals surface area contributed by atoms with Gasteiger partial charge in [-0.3, -0.25) is 4.79 Å². The molecule has 2 aromatic rings. The minimum Gasteiger partial charge on any atom is -0.497 e.